The Morgan fingerprint density at radius 3 is 3.00 bits per heavy atom. The first-order valence-electron chi connectivity index (χ1n) is 6.04. The molecule has 0 aromatic carbocycles. The molecule has 2 heterocycles. The van der Waals surface area contributed by atoms with Gasteiger partial charge in [-0.1, -0.05) is 11.8 Å². The maximum atomic E-state index is 11.6. The van der Waals surface area contributed by atoms with Crippen LogP contribution in [0.15, 0.2) is 28.3 Å². The number of H-pyrrole nitrogens is 1. The molecule has 0 saturated heterocycles. The number of pyridine rings is 1. The largest absolute Gasteiger partial charge is 0.373 e. The van der Waals surface area contributed by atoms with E-state index in [9.17, 15) is 4.79 Å². The fraction of sp³-hybridized carbons (Fsp3) is 0.417. The predicted molar refractivity (Wildman–Crippen MR) is 76.6 cm³/mol. The van der Waals surface area contributed by atoms with Crippen LogP contribution < -0.4 is 11.0 Å². The summed E-state index contributed by atoms with van der Waals surface area (Å²) >= 11 is 1.53. The Kier molecular flexibility index (Phi) is 4.26. The molecular weight excluding hydrogens is 262 g/mol. The molecule has 0 bridgehead atoms. The van der Waals surface area contributed by atoms with Gasteiger partial charge in [-0.05, 0) is 31.5 Å². The molecule has 2 rings (SSSR count). The van der Waals surface area contributed by atoms with E-state index in [0.717, 1.165) is 17.1 Å². The van der Waals surface area contributed by atoms with Gasteiger partial charge in [0, 0.05) is 25.0 Å². The van der Waals surface area contributed by atoms with Crippen LogP contribution in [0.4, 0.5) is 5.82 Å². The molecule has 0 atom stereocenters. The van der Waals surface area contributed by atoms with Crippen LogP contribution >= 0.6 is 11.8 Å². The number of rotatable bonds is 5. The Morgan fingerprint density at radius 1 is 1.53 bits per heavy atom. The second kappa shape index (κ2) is 5.92. The Bertz CT molecular complexity index is 604. The van der Waals surface area contributed by atoms with Gasteiger partial charge < -0.3 is 5.32 Å². The summed E-state index contributed by atoms with van der Waals surface area (Å²) in [5.74, 6) is 1.58. The van der Waals surface area contributed by atoms with E-state index >= 15 is 0 Å². The Balaban J connectivity index is 2.12. The maximum Gasteiger partial charge on any atom is 0.344 e. The van der Waals surface area contributed by atoms with Crippen molar-refractivity contribution < 1.29 is 0 Å². The van der Waals surface area contributed by atoms with Crippen LogP contribution in [0.25, 0.3) is 0 Å². The smallest absolute Gasteiger partial charge is 0.344 e. The number of aromatic amines is 1. The van der Waals surface area contributed by atoms with Crippen LogP contribution in [0.2, 0.25) is 0 Å². The van der Waals surface area contributed by atoms with Crippen molar-refractivity contribution in [2.24, 2.45) is 0 Å². The Labute approximate surface area is 115 Å². The molecule has 2 N–H and O–H groups in total. The summed E-state index contributed by atoms with van der Waals surface area (Å²) in [6.45, 7) is 3.93. The molecule has 0 aliphatic carbocycles. The van der Waals surface area contributed by atoms with Crippen LogP contribution in [0.5, 0.6) is 0 Å². The van der Waals surface area contributed by atoms with Crippen LogP contribution in [-0.4, -0.2) is 26.8 Å². The van der Waals surface area contributed by atoms with E-state index in [4.69, 9.17) is 0 Å². The lowest BCUT2D eigenvalue weighted by Crippen LogP contribution is -2.19. The van der Waals surface area contributed by atoms with E-state index in [1.165, 1.54) is 11.8 Å². The summed E-state index contributed by atoms with van der Waals surface area (Å²) in [5, 5.41) is 10.3. The topological polar surface area (TPSA) is 75.6 Å². The summed E-state index contributed by atoms with van der Waals surface area (Å²) in [4.78, 5) is 15.8. The molecule has 2 aromatic rings. The molecule has 102 valence electrons. The van der Waals surface area contributed by atoms with Gasteiger partial charge in [-0.3, -0.25) is 4.57 Å². The van der Waals surface area contributed by atoms with Crippen molar-refractivity contribution in [1.82, 2.24) is 19.7 Å². The van der Waals surface area contributed by atoms with Gasteiger partial charge in [0.1, 0.15) is 5.82 Å². The zero-order chi connectivity index (χ0) is 13.8. The summed E-state index contributed by atoms with van der Waals surface area (Å²) in [6, 6.07) is 4.04. The summed E-state index contributed by atoms with van der Waals surface area (Å²) in [7, 11) is 1.84. The van der Waals surface area contributed by atoms with Crippen LogP contribution in [0.1, 0.15) is 25.5 Å². The number of nitrogens with one attached hydrogen (secondary N) is 2. The standard InChI is InChI=1S/C12H17N5OS/c1-8(2)17-11(18)15-16-12(17)19-7-9-4-5-14-10(6-9)13-3/h4-6,8H,7H2,1-3H3,(H,13,14)(H,15,18). The third-order valence-electron chi connectivity index (χ3n) is 2.64. The van der Waals surface area contributed by atoms with Gasteiger partial charge in [-0.15, -0.1) is 5.10 Å². The van der Waals surface area contributed by atoms with Gasteiger partial charge in [-0.25, -0.2) is 14.9 Å². The molecule has 7 heteroatoms. The fourth-order valence-corrected chi connectivity index (χ4v) is 2.71. The minimum Gasteiger partial charge on any atom is -0.373 e. The SMILES string of the molecule is CNc1cc(CSc2n[nH]c(=O)n2C(C)C)ccn1. The lowest BCUT2D eigenvalue weighted by Gasteiger charge is -2.08. The number of aromatic nitrogens is 4. The molecule has 19 heavy (non-hydrogen) atoms. The summed E-state index contributed by atoms with van der Waals surface area (Å²) in [5.41, 5.74) is 0.971. The number of anilines is 1. The predicted octanol–water partition coefficient (Wildman–Crippen LogP) is 1.88. The second-order valence-corrected chi connectivity index (χ2v) is 5.31. The molecule has 0 radical (unpaired) electrons. The molecule has 0 saturated carbocycles. The third-order valence-corrected chi connectivity index (χ3v) is 3.66. The van der Waals surface area contributed by atoms with Crippen molar-refractivity contribution in [2.45, 2.75) is 30.8 Å². The quantitative estimate of drug-likeness (QED) is 0.817. The molecular formula is C12H17N5OS. The molecule has 0 aliphatic rings. The average molecular weight is 279 g/mol. The monoisotopic (exact) mass is 279 g/mol. The molecule has 0 fully saturated rings. The fourth-order valence-electron chi connectivity index (χ4n) is 1.70. The van der Waals surface area contributed by atoms with Crippen molar-refractivity contribution >= 4 is 17.6 Å². The van der Waals surface area contributed by atoms with Crippen LogP contribution in [-0.2, 0) is 5.75 Å². The van der Waals surface area contributed by atoms with Crippen LogP contribution in [0.3, 0.4) is 0 Å². The number of nitrogens with zero attached hydrogens (tertiary/aromatic N) is 3. The van der Waals surface area contributed by atoms with E-state index in [2.05, 4.69) is 20.5 Å². The van der Waals surface area contributed by atoms with Gasteiger partial charge in [0.25, 0.3) is 0 Å². The summed E-state index contributed by atoms with van der Waals surface area (Å²) < 4.78 is 1.66. The van der Waals surface area contributed by atoms with E-state index in [1.54, 1.807) is 10.8 Å². The lowest BCUT2D eigenvalue weighted by atomic mass is 10.3. The summed E-state index contributed by atoms with van der Waals surface area (Å²) in [6.07, 6.45) is 1.77. The highest BCUT2D eigenvalue weighted by Crippen LogP contribution is 2.22. The normalized spacial score (nSPS) is 10.9. The van der Waals surface area contributed by atoms with Gasteiger partial charge in [0.15, 0.2) is 5.16 Å². The van der Waals surface area contributed by atoms with E-state index < -0.39 is 0 Å². The van der Waals surface area contributed by atoms with Gasteiger partial charge >= 0.3 is 5.69 Å². The second-order valence-electron chi connectivity index (χ2n) is 4.36. The van der Waals surface area contributed by atoms with Crippen molar-refractivity contribution in [3.05, 3.63) is 34.4 Å². The van der Waals surface area contributed by atoms with E-state index in [0.29, 0.717) is 5.16 Å². The number of hydrogen-bond acceptors (Lipinski definition) is 5. The van der Waals surface area contributed by atoms with Crippen molar-refractivity contribution in [1.29, 1.82) is 0 Å². The number of hydrogen-bond donors (Lipinski definition) is 2. The third kappa shape index (κ3) is 3.17. The minimum absolute atomic E-state index is 0.0964. The van der Waals surface area contributed by atoms with Crippen LogP contribution in [0, 0.1) is 0 Å². The van der Waals surface area contributed by atoms with Gasteiger partial charge in [0.05, 0.1) is 0 Å². The van der Waals surface area contributed by atoms with Crippen molar-refractivity contribution in [3.63, 3.8) is 0 Å². The first kappa shape index (κ1) is 13.7. The highest BCUT2D eigenvalue weighted by atomic mass is 32.2. The van der Waals surface area contributed by atoms with Crippen molar-refractivity contribution in [3.8, 4) is 0 Å². The van der Waals surface area contributed by atoms with Gasteiger partial charge in [0.2, 0.25) is 0 Å². The first-order chi connectivity index (χ1) is 9.11. The van der Waals surface area contributed by atoms with Crippen molar-refractivity contribution in [2.75, 3.05) is 12.4 Å². The maximum absolute atomic E-state index is 11.6. The molecule has 0 aliphatic heterocycles. The van der Waals surface area contributed by atoms with E-state index in [1.807, 2.05) is 33.0 Å². The lowest BCUT2D eigenvalue weighted by molar-refractivity contribution is 0.534. The molecule has 0 spiro atoms. The minimum atomic E-state index is -0.164. The zero-order valence-corrected chi connectivity index (χ0v) is 12.0. The Hall–Kier alpha value is -1.76. The molecule has 0 amide bonds. The molecule has 0 unspecified atom stereocenters. The first-order valence-corrected chi connectivity index (χ1v) is 7.02. The highest BCUT2D eigenvalue weighted by Gasteiger charge is 2.11. The highest BCUT2D eigenvalue weighted by molar-refractivity contribution is 7.98. The number of thioether (sulfide) groups is 1. The molecule has 2 aromatic heterocycles. The van der Waals surface area contributed by atoms with E-state index in [-0.39, 0.29) is 11.7 Å². The average Bonchev–Trinajstić information content (AvgIpc) is 2.78. The Morgan fingerprint density at radius 2 is 2.32 bits per heavy atom. The zero-order valence-electron chi connectivity index (χ0n) is 11.2. The van der Waals surface area contributed by atoms with Gasteiger partial charge in [-0.2, -0.15) is 0 Å². The molecule has 6 nitrogen and oxygen atoms in total.